The predicted octanol–water partition coefficient (Wildman–Crippen LogP) is -8.10. The summed E-state index contributed by atoms with van der Waals surface area (Å²) < 4.78 is 84.8. The van der Waals surface area contributed by atoms with Gasteiger partial charge in [0.1, 0.15) is 48.8 Å². The third kappa shape index (κ3) is 6.71. The average Bonchev–Trinajstić information content (AvgIpc) is 2.64. The van der Waals surface area contributed by atoms with Crippen molar-refractivity contribution in [1.29, 1.82) is 0 Å². The van der Waals surface area contributed by atoms with Gasteiger partial charge in [0.25, 0.3) is 0 Å². The van der Waals surface area contributed by atoms with Crippen LogP contribution in [0.5, 0.6) is 0 Å². The van der Waals surface area contributed by atoms with E-state index in [1.165, 1.54) is 4.72 Å². The number of carboxylic acids is 1. The Hall–Kier alpha value is -1.11. The molecule has 2 aliphatic heterocycles. The quantitative estimate of drug-likeness (QED) is 0.130. The van der Waals surface area contributed by atoms with Crippen LogP contribution in [0.2, 0.25) is 0 Å². The fourth-order valence-electron chi connectivity index (χ4n) is 2.99. The molecule has 2 saturated heterocycles. The molecule has 0 aliphatic carbocycles. The largest absolute Gasteiger partial charge is 0.735 e. The molecule has 32 heavy (non-hydrogen) atoms. The maximum Gasteiger partial charge on any atom is 0.217 e. The summed E-state index contributed by atoms with van der Waals surface area (Å²) in [6.07, 6.45) is -19.7. The molecule has 0 saturated carbocycles. The van der Waals surface area contributed by atoms with Crippen LogP contribution in [0.1, 0.15) is 0 Å². The van der Waals surface area contributed by atoms with Crippen molar-refractivity contribution in [2.45, 2.75) is 61.3 Å². The first kappa shape index (κ1) is 27.1. The summed E-state index contributed by atoms with van der Waals surface area (Å²) in [6.45, 7) is -1.22. The first-order chi connectivity index (χ1) is 14.5. The average molecular weight is 512 g/mol. The number of nitrogens with one attached hydrogen (secondary N) is 1. The monoisotopic (exact) mass is 512 g/mol. The summed E-state index contributed by atoms with van der Waals surface area (Å²) in [4.78, 5) is 11.1. The van der Waals surface area contributed by atoms with Gasteiger partial charge >= 0.3 is 0 Å². The number of aliphatic carboxylic acids is 1. The van der Waals surface area contributed by atoms with Crippen molar-refractivity contribution in [3.05, 3.63) is 0 Å². The van der Waals surface area contributed by atoms with Gasteiger partial charge in [-0.15, -0.1) is 0 Å². The Morgan fingerprint density at radius 2 is 1.53 bits per heavy atom. The van der Waals surface area contributed by atoms with Crippen LogP contribution in [0.15, 0.2) is 0 Å². The minimum absolute atomic E-state index is 1.22. The van der Waals surface area contributed by atoms with Crippen molar-refractivity contribution in [3.63, 3.8) is 0 Å². The Bertz CT molecular complexity index is 878. The van der Waals surface area contributed by atoms with Crippen LogP contribution < -0.4 is 9.83 Å². The standard InChI is InChI=1S/C12H21NO17S2/c14-4-2(1-27-32(24,25)26)28-11(20)3(13-31(21,22)23)8(4)29-12-7(17)5(15)6(16)9(30-12)10(18)19/h2-9,11-17,20H,1H2,(H,18,19)(H,21,22,23)(H,24,25,26)/p-3/t2-,3-,4-,5+,6+,7-,8-,9+,11-,12?/m1/s1. The third-order valence-electron chi connectivity index (χ3n) is 4.44. The maximum absolute atomic E-state index is 11.1. The summed E-state index contributed by atoms with van der Waals surface area (Å²) in [6, 6.07) is -2.16. The molecule has 10 atom stereocenters. The normalized spacial score (nSPS) is 41.3. The van der Waals surface area contributed by atoms with Crippen molar-refractivity contribution in [3.8, 4) is 0 Å². The molecule has 0 amide bonds. The second-order valence-corrected chi connectivity index (χ2v) is 8.86. The van der Waals surface area contributed by atoms with Crippen molar-refractivity contribution < 1.29 is 79.8 Å². The van der Waals surface area contributed by atoms with Gasteiger partial charge in [-0.05, 0) is 0 Å². The molecule has 2 heterocycles. The first-order valence-electron chi connectivity index (χ1n) is 8.43. The highest BCUT2D eigenvalue weighted by Crippen LogP contribution is 2.29. The van der Waals surface area contributed by atoms with Crippen LogP contribution in [0, 0.1) is 0 Å². The highest BCUT2D eigenvalue weighted by molar-refractivity contribution is 7.83. The zero-order valence-corrected chi connectivity index (χ0v) is 17.1. The summed E-state index contributed by atoms with van der Waals surface area (Å²) in [5, 5.41) is 60.8. The number of hydrogen-bond donors (Lipinski definition) is 6. The molecule has 6 N–H and O–H groups in total. The van der Waals surface area contributed by atoms with Crippen molar-refractivity contribution >= 4 is 26.7 Å². The van der Waals surface area contributed by atoms with E-state index in [4.69, 9.17) is 14.2 Å². The number of aliphatic hydroxyl groups is 5. The molecule has 0 radical (unpaired) electrons. The number of rotatable bonds is 8. The van der Waals surface area contributed by atoms with Crippen molar-refractivity contribution in [2.24, 2.45) is 0 Å². The van der Waals surface area contributed by atoms with E-state index >= 15 is 0 Å². The molecule has 18 nitrogen and oxygen atoms in total. The Morgan fingerprint density at radius 1 is 0.938 bits per heavy atom. The van der Waals surface area contributed by atoms with Gasteiger partial charge in [0.05, 0.1) is 12.6 Å². The van der Waals surface area contributed by atoms with E-state index in [0.717, 1.165) is 0 Å². The lowest BCUT2D eigenvalue weighted by Crippen LogP contribution is -2.68. The maximum atomic E-state index is 11.1. The van der Waals surface area contributed by atoms with Gasteiger partial charge in [-0.2, -0.15) is 0 Å². The molecule has 0 spiro atoms. The number of aliphatic hydroxyl groups excluding tert-OH is 5. The van der Waals surface area contributed by atoms with E-state index in [2.05, 4.69) is 4.18 Å². The molecule has 2 rings (SSSR count). The lowest BCUT2D eigenvalue weighted by molar-refractivity contribution is -0.363. The van der Waals surface area contributed by atoms with Crippen LogP contribution in [-0.4, -0.2) is 125 Å². The minimum atomic E-state index is -5.37. The second kappa shape index (κ2) is 10.0. The first-order valence-corrected chi connectivity index (χ1v) is 11.2. The molecule has 0 aromatic carbocycles. The number of ether oxygens (including phenoxy) is 3. The molecule has 20 heteroatoms. The lowest BCUT2D eigenvalue weighted by atomic mass is 9.96. The molecule has 1 unspecified atom stereocenters. The molecular weight excluding hydrogens is 494 g/mol. The van der Waals surface area contributed by atoms with Gasteiger partial charge in [0.2, 0.25) is 10.4 Å². The number of carbonyl (C=O) groups is 1. The Labute approximate surface area is 179 Å². The summed E-state index contributed by atoms with van der Waals surface area (Å²) >= 11 is 0. The van der Waals surface area contributed by atoms with E-state index in [1.54, 1.807) is 0 Å². The number of hydrogen-bond acceptors (Lipinski definition) is 17. The molecule has 0 aromatic heterocycles. The Kier molecular flexibility index (Phi) is 8.50. The van der Waals surface area contributed by atoms with E-state index < -0.39 is 94.6 Å². The second-order valence-electron chi connectivity index (χ2n) is 6.66. The highest BCUT2D eigenvalue weighted by atomic mass is 32.3. The van der Waals surface area contributed by atoms with Gasteiger partial charge in [0.15, 0.2) is 22.9 Å². The Morgan fingerprint density at radius 3 is 2.03 bits per heavy atom. The summed E-state index contributed by atoms with van der Waals surface area (Å²) in [7, 11) is -10.7. The summed E-state index contributed by atoms with van der Waals surface area (Å²) in [5.74, 6) is -2.06. The van der Waals surface area contributed by atoms with Crippen LogP contribution in [-0.2, 0) is 43.9 Å². The molecule has 188 valence electrons. The van der Waals surface area contributed by atoms with Crippen LogP contribution in [0.4, 0.5) is 0 Å². The van der Waals surface area contributed by atoms with E-state index in [1.807, 2.05) is 0 Å². The molecule has 0 bridgehead atoms. The SMILES string of the molecule is O=C([O-])[C@H]1OC(O[C@H]2[C@H](O)[C@@H](COS(=O)(=O)[O-])O[C@@H](O)[C@@H]2NS(=O)(=O)[O-])[C@H](O)[C@@H](O)[C@@H]1O. The number of carbonyl (C=O) groups excluding carboxylic acids is 1. The molecular formula is C12H18NO17S2-3. The van der Waals surface area contributed by atoms with Crippen molar-refractivity contribution in [1.82, 2.24) is 4.72 Å². The Balaban J connectivity index is 2.32. The van der Waals surface area contributed by atoms with Crippen molar-refractivity contribution in [2.75, 3.05) is 6.61 Å². The smallest absolute Gasteiger partial charge is 0.217 e. The van der Waals surface area contributed by atoms with E-state index in [9.17, 15) is 61.4 Å². The van der Waals surface area contributed by atoms with Gasteiger partial charge in [-0.25, -0.2) is 21.6 Å². The highest BCUT2D eigenvalue weighted by Gasteiger charge is 2.51. The van der Waals surface area contributed by atoms with Crippen LogP contribution in [0.3, 0.4) is 0 Å². The molecule has 2 fully saturated rings. The molecule has 2 aliphatic rings. The van der Waals surface area contributed by atoms with Gasteiger partial charge < -0.3 is 58.7 Å². The zero-order valence-electron chi connectivity index (χ0n) is 15.4. The van der Waals surface area contributed by atoms with Crippen LogP contribution >= 0.6 is 0 Å². The number of carboxylic acid groups (broad SMARTS) is 1. The van der Waals surface area contributed by atoms with E-state index in [0.29, 0.717) is 0 Å². The van der Waals surface area contributed by atoms with E-state index in [-0.39, 0.29) is 0 Å². The zero-order chi connectivity index (χ0) is 24.6. The van der Waals surface area contributed by atoms with Gasteiger partial charge in [-0.3, -0.25) is 4.18 Å². The van der Waals surface area contributed by atoms with Gasteiger partial charge in [0, 0.05) is 0 Å². The lowest BCUT2D eigenvalue weighted by Gasteiger charge is -2.47. The summed E-state index contributed by atoms with van der Waals surface area (Å²) in [5.41, 5.74) is 0. The van der Waals surface area contributed by atoms with Gasteiger partial charge in [-0.1, -0.05) is 0 Å². The third-order valence-corrected chi connectivity index (χ3v) is 5.43. The minimum Gasteiger partial charge on any atom is -0.735 e. The fourth-order valence-corrected chi connectivity index (χ4v) is 3.87. The topological polar surface area (TPSA) is 305 Å². The predicted molar refractivity (Wildman–Crippen MR) is 85.7 cm³/mol. The fraction of sp³-hybridized carbons (Fsp3) is 0.917. The van der Waals surface area contributed by atoms with Crippen LogP contribution in [0.25, 0.3) is 0 Å². The molecule has 0 aromatic rings.